The zero-order valence-electron chi connectivity index (χ0n) is 19.0. The van der Waals surface area contributed by atoms with Crippen molar-refractivity contribution in [2.75, 3.05) is 19.0 Å². The fourth-order valence-electron chi connectivity index (χ4n) is 3.74. The summed E-state index contributed by atoms with van der Waals surface area (Å²) < 4.78 is 10.5. The van der Waals surface area contributed by atoms with Crippen LogP contribution in [0.15, 0.2) is 84.0 Å². The largest absolute Gasteiger partial charge is 0.497 e. The van der Waals surface area contributed by atoms with Crippen LogP contribution in [0.4, 0.5) is 10.5 Å². The van der Waals surface area contributed by atoms with Crippen LogP contribution in [0.3, 0.4) is 0 Å². The number of nitrogens with two attached hydrogens (primary N) is 1. The highest BCUT2D eigenvalue weighted by Crippen LogP contribution is 2.33. The Bertz CT molecular complexity index is 1240. The fraction of sp³-hybridized carbons (Fsp3) is 0.154. The van der Waals surface area contributed by atoms with Gasteiger partial charge < -0.3 is 20.5 Å². The van der Waals surface area contributed by atoms with Crippen molar-refractivity contribution < 1.29 is 23.9 Å². The summed E-state index contributed by atoms with van der Waals surface area (Å²) in [5, 5.41) is 8.35. The number of carbonyl (C=O) groups excluding carboxylic acids is 3. The number of hydrazone groups is 1. The number of hydrogen-bond donors (Lipinski definition) is 2. The number of esters is 1. The molecule has 3 N–H and O–H groups in total. The van der Waals surface area contributed by atoms with Crippen LogP contribution in [0.25, 0.3) is 0 Å². The van der Waals surface area contributed by atoms with Crippen molar-refractivity contribution in [1.29, 1.82) is 0 Å². The molecule has 35 heavy (non-hydrogen) atoms. The van der Waals surface area contributed by atoms with Gasteiger partial charge in [-0.1, -0.05) is 42.5 Å². The summed E-state index contributed by atoms with van der Waals surface area (Å²) in [6, 6.07) is 22.0. The van der Waals surface area contributed by atoms with Gasteiger partial charge in [0.25, 0.3) is 5.91 Å². The monoisotopic (exact) mass is 472 g/mol. The number of amides is 3. The molecule has 1 aliphatic rings. The van der Waals surface area contributed by atoms with E-state index in [2.05, 4.69) is 10.4 Å². The molecule has 9 nitrogen and oxygen atoms in total. The molecule has 9 heteroatoms. The van der Waals surface area contributed by atoms with Crippen molar-refractivity contribution in [2.45, 2.75) is 12.5 Å². The first-order chi connectivity index (χ1) is 16.9. The molecule has 1 aliphatic heterocycles. The van der Waals surface area contributed by atoms with E-state index in [9.17, 15) is 14.4 Å². The predicted octanol–water partition coefficient (Wildman–Crippen LogP) is 3.72. The standard InChI is InChI=1S/C26H24N4O5/c1-34-21-13-9-18(10-14-21)23-15-22(17-5-3-2-4-6-17)29-30(23)24(31)16-35-25(32)19-7-11-20(12-8-19)28-26(27)33/h2-14,23H,15-16H2,1H3,(H3,27,28,33). The fourth-order valence-corrected chi connectivity index (χ4v) is 3.74. The predicted molar refractivity (Wildman–Crippen MR) is 130 cm³/mol. The number of rotatable bonds is 7. The maximum Gasteiger partial charge on any atom is 0.338 e. The molecule has 3 aromatic rings. The van der Waals surface area contributed by atoms with Crippen LogP contribution < -0.4 is 15.8 Å². The summed E-state index contributed by atoms with van der Waals surface area (Å²) in [6.07, 6.45) is 0.518. The number of nitrogens with zero attached hydrogens (tertiary/aromatic N) is 2. The zero-order valence-corrected chi connectivity index (χ0v) is 19.0. The average molecular weight is 473 g/mol. The van der Waals surface area contributed by atoms with E-state index in [0.29, 0.717) is 17.9 Å². The highest BCUT2D eigenvalue weighted by molar-refractivity contribution is 6.03. The van der Waals surface area contributed by atoms with Crippen LogP contribution in [0.2, 0.25) is 0 Å². The minimum atomic E-state index is -0.710. The lowest BCUT2D eigenvalue weighted by Crippen LogP contribution is -2.31. The van der Waals surface area contributed by atoms with Gasteiger partial charge >= 0.3 is 12.0 Å². The first kappa shape index (κ1) is 23.5. The summed E-state index contributed by atoms with van der Waals surface area (Å²) >= 11 is 0. The van der Waals surface area contributed by atoms with Crippen LogP contribution >= 0.6 is 0 Å². The van der Waals surface area contributed by atoms with E-state index in [1.54, 1.807) is 7.11 Å². The van der Waals surface area contributed by atoms with Gasteiger partial charge in [0.1, 0.15) is 5.75 Å². The van der Waals surface area contributed by atoms with Gasteiger partial charge in [-0.2, -0.15) is 5.10 Å². The van der Waals surface area contributed by atoms with Gasteiger partial charge in [-0.3, -0.25) is 4.79 Å². The van der Waals surface area contributed by atoms with Gasteiger partial charge in [0, 0.05) is 12.1 Å². The smallest absolute Gasteiger partial charge is 0.338 e. The Labute approximate surface area is 202 Å². The third-order valence-corrected chi connectivity index (χ3v) is 5.49. The second-order valence-electron chi connectivity index (χ2n) is 7.79. The molecule has 0 fully saturated rings. The summed E-state index contributed by atoms with van der Waals surface area (Å²) in [4.78, 5) is 36.5. The third-order valence-electron chi connectivity index (χ3n) is 5.49. The van der Waals surface area contributed by atoms with Crippen LogP contribution in [0.5, 0.6) is 5.75 Å². The van der Waals surface area contributed by atoms with Gasteiger partial charge in [0.2, 0.25) is 0 Å². The minimum absolute atomic E-state index is 0.231. The molecular formula is C26H24N4O5. The van der Waals surface area contributed by atoms with Crippen LogP contribution in [-0.2, 0) is 9.53 Å². The van der Waals surface area contributed by atoms with Gasteiger partial charge in [-0.15, -0.1) is 0 Å². The van der Waals surface area contributed by atoms with E-state index in [4.69, 9.17) is 15.2 Å². The lowest BCUT2D eigenvalue weighted by atomic mass is 9.98. The van der Waals surface area contributed by atoms with Gasteiger partial charge in [0.05, 0.1) is 24.4 Å². The number of benzene rings is 3. The molecule has 0 saturated heterocycles. The normalized spacial score (nSPS) is 14.7. The zero-order chi connectivity index (χ0) is 24.8. The van der Waals surface area contributed by atoms with Gasteiger partial charge in [-0.25, -0.2) is 14.6 Å². The Balaban J connectivity index is 1.48. The Morgan fingerprint density at radius 2 is 1.69 bits per heavy atom. The molecule has 1 unspecified atom stereocenters. The molecule has 1 heterocycles. The Kier molecular flexibility index (Phi) is 7.06. The van der Waals surface area contributed by atoms with Crippen molar-refractivity contribution in [3.8, 4) is 5.75 Å². The quantitative estimate of drug-likeness (QED) is 0.507. The number of nitrogens with one attached hydrogen (secondary N) is 1. The second kappa shape index (κ2) is 10.5. The van der Waals surface area contributed by atoms with Gasteiger partial charge in [0.15, 0.2) is 6.61 Å². The Morgan fingerprint density at radius 1 is 1.00 bits per heavy atom. The van der Waals surface area contributed by atoms with E-state index < -0.39 is 24.5 Å². The highest BCUT2D eigenvalue weighted by atomic mass is 16.5. The van der Waals surface area contributed by atoms with E-state index in [1.807, 2.05) is 54.6 Å². The van der Waals surface area contributed by atoms with Crippen LogP contribution in [0, 0.1) is 0 Å². The number of urea groups is 1. The maximum atomic E-state index is 13.1. The van der Waals surface area contributed by atoms with Crippen molar-refractivity contribution >= 4 is 29.3 Å². The highest BCUT2D eigenvalue weighted by Gasteiger charge is 2.33. The Morgan fingerprint density at radius 3 is 2.31 bits per heavy atom. The van der Waals surface area contributed by atoms with Gasteiger partial charge in [-0.05, 0) is 47.5 Å². The summed E-state index contributed by atoms with van der Waals surface area (Å²) in [7, 11) is 1.59. The number of methoxy groups -OCH3 is 1. The topological polar surface area (TPSA) is 123 Å². The summed E-state index contributed by atoms with van der Waals surface area (Å²) in [6.45, 7) is -0.474. The summed E-state index contributed by atoms with van der Waals surface area (Å²) in [5.74, 6) is -0.409. The second-order valence-corrected chi connectivity index (χ2v) is 7.79. The molecular weight excluding hydrogens is 448 g/mol. The molecule has 3 aromatic carbocycles. The number of hydrogen-bond acceptors (Lipinski definition) is 6. The van der Waals surface area contributed by atoms with Crippen molar-refractivity contribution in [1.82, 2.24) is 5.01 Å². The molecule has 0 bridgehead atoms. The number of anilines is 1. The number of primary amides is 1. The molecule has 0 radical (unpaired) electrons. The van der Waals surface area contributed by atoms with E-state index in [1.165, 1.54) is 29.3 Å². The molecule has 0 aliphatic carbocycles. The summed E-state index contributed by atoms with van der Waals surface area (Å²) in [5.41, 5.74) is 8.32. The Hall–Kier alpha value is -4.66. The molecule has 0 spiro atoms. The number of carbonyl (C=O) groups is 3. The van der Waals surface area contributed by atoms with Crippen LogP contribution in [0.1, 0.15) is 33.9 Å². The molecule has 0 aromatic heterocycles. The SMILES string of the molecule is COc1ccc(C2CC(c3ccccc3)=NN2C(=O)COC(=O)c2ccc(NC(N)=O)cc2)cc1. The third kappa shape index (κ3) is 5.64. The molecule has 0 saturated carbocycles. The van der Waals surface area contributed by atoms with Crippen molar-refractivity contribution in [3.05, 3.63) is 95.6 Å². The van der Waals surface area contributed by atoms with Crippen molar-refractivity contribution in [3.63, 3.8) is 0 Å². The molecule has 178 valence electrons. The van der Waals surface area contributed by atoms with E-state index >= 15 is 0 Å². The van der Waals surface area contributed by atoms with Crippen LogP contribution in [-0.4, -0.2) is 42.3 Å². The lowest BCUT2D eigenvalue weighted by Gasteiger charge is -2.22. The maximum absolute atomic E-state index is 13.1. The minimum Gasteiger partial charge on any atom is -0.497 e. The van der Waals surface area contributed by atoms with Crippen molar-refractivity contribution in [2.24, 2.45) is 10.8 Å². The molecule has 4 rings (SSSR count). The first-order valence-electron chi connectivity index (χ1n) is 10.9. The first-order valence-corrected chi connectivity index (χ1v) is 10.9. The van der Waals surface area contributed by atoms with E-state index in [0.717, 1.165) is 16.8 Å². The number of ether oxygens (including phenoxy) is 2. The van der Waals surface area contributed by atoms with E-state index in [-0.39, 0.29) is 11.6 Å². The molecule has 3 amide bonds. The average Bonchev–Trinajstić information content (AvgIpc) is 3.33. The molecule has 1 atom stereocenters. The lowest BCUT2D eigenvalue weighted by molar-refractivity contribution is -0.136.